The van der Waals surface area contributed by atoms with Gasteiger partial charge in [-0.3, -0.25) is 9.69 Å². The van der Waals surface area contributed by atoms with Gasteiger partial charge in [-0.2, -0.15) is 0 Å². The summed E-state index contributed by atoms with van der Waals surface area (Å²) in [5.41, 5.74) is -0.275. The van der Waals surface area contributed by atoms with E-state index in [9.17, 15) is 9.59 Å². The van der Waals surface area contributed by atoms with Crippen molar-refractivity contribution in [2.75, 3.05) is 6.61 Å². The van der Waals surface area contributed by atoms with E-state index in [1.54, 1.807) is 4.90 Å². The highest BCUT2D eigenvalue weighted by Crippen LogP contribution is 2.38. The van der Waals surface area contributed by atoms with Crippen molar-refractivity contribution in [1.82, 2.24) is 4.90 Å². The van der Waals surface area contributed by atoms with Crippen LogP contribution in [0.2, 0.25) is 0 Å². The predicted molar refractivity (Wildman–Crippen MR) is 121 cm³/mol. The molecule has 1 heterocycles. The van der Waals surface area contributed by atoms with Gasteiger partial charge < -0.3 is 14.2 Å². The third kappa shape index (κ3) is 6.96. The second-order valence-electron chi connectivity index (χ2n) is 9.65. The lowest BCUT2D eigenvalue weighted by Gasteiger charge is -2.35. The highest BCUT2D eigenvalue weighted by molar-refractivity contribution is 5.72. The predicted octanol–water partition coefficient (Wildman–Crippen LogP) is 5.34. The molecular formula is C25H39NO5. The SMILES string of the molecule is CCOC(=O)C(CC)CCC1OC(C)(C)N(C(=O)OC(C)(C)C)C1Cc1ccccc1. The molecule has 0 bridgehead atoms. The smallest absolute Gasteiger partial charge is 0.412 e. The monoisotopic (exact) mass is 433 g/mol. The third-order valence-corrected chi connectivity index (χ3v) is 5.57. The number of ether oxygens (including phenoxy) is 3. The Hall–Kier alpha value is -2.08. The summed E-state index contributed by atoms with van der Waals surface area (Å²) in [6, 6.07) is 9.90. The van der Waals surface area contributed by atoms with Crippen molar-refractivity contribution < 1.29 is 23.8 Å². The Morgan fingerprint density at radius 3 is 2.35 bits per heavy atom. The van der Waals surface area contributed by atoms with E-state index in [4.69, 9.17) is 14.2 Å². The third-order valence-electron chi connectivity index (χ3n) is 5.57. The zero-order valence-electron chi connectivity index (χ0n) is 20.1. The molecule has 3 atom stereocenters. The number of benzene rings is 1. The van der Waals surface area contributed by atoms with E-state index in [0.29, 0.717) is 32.3 Å². The van der Waals surface area contributed by atoms with Crippen molar-refractivity contribution in [2.24, 2.45) is 5.92 Å². The first kappa shape index (κ1) is 25.2. The molecule has 3 unspecified atom stereocenters. The molecule has 0 N–H and O–H groups in total. The topological polar surface area (TPSA) is 65.1 Å². The first-order valence-corrected chi connectivity index (χ1v) is 11.4. The summed E-state index contributed by atoms with van der Waals surface area (Å²) in [4.78, 5) is 27.2. The van der Waals surface area contributed by atoms with Gasteiger partial charge in [-0.25, -0.2) is 4.79 Å². The van der Waals surface area contributed by atoms with Crippen molar-refractivity contribution in [2.45, 2.75) is 97.6 Å². The van der Waals surface area contributed by atoms with Crippen LogP contribution in [0.4, 0.5) is 4.79 Å². The van der Waals surface area contributed by atoms with E-state index < -0.39 is 11.3 Å². The van der Waals surface area contributed by atoms with Crippen LogP contribution < -0.4 is 0 Å². The van der Waals surface area contributed by atoms with E-state index in [-0.39, 0.29) is 30.1 Å². The standard InChI is InChI=1S/C25H39NO5/c1-8-19(22(27)29-9-2)15-16-21-20(17-18-13-11-10-12-14-18)26(25(6,7)30-21)23(28)31-24(3,4)5/h10-14,19-21H,8-9,15-17H2,1-7H3. The zero-order valence-corrected chi connectivity index (χ0v) is 20.1. The van der Waals surface area contributed by atoms with E-state index in [1.165, 1.54) is 0 Å². The second-order valence-corrected chi connectivity index (χ2v) is 9.65. The van der Waals surface area contributed by atoms with Crippen molar-refractivity contribution in [3.05, 3.63) is 35.9 Å². The fourth-order valence-corrected chi connectivity index (χ4v) is 4.18. The lowest BCUT2D eigenvalue weighted by molar-refractivity contribution is -0.148. The number of amides is 1. The van der Waals surface area contributed by atoms with Gasteiger partial charge in [0.25, 0.3) is 0 Å². The van der Waals surface area contributed by atoms with Crippen molar-refractivity contribution >= 4 is 12.1 Å². The molecule has 6 nitrogen and oxygen atoms in total. The minimum atomic E-state index is -0.807. The maximum atomic E-state index is 13.2. The molecule has 0 spiro atoms. The zero-order chi connectivity index (χ0) is 23.2. The number of hydrogen-bond donors (Lipinski definition) is 0. The van der Waals surface area contributed by atoms with Crippen LogP contribution in [0.5, 0.6) is 0 Å². The Morgan fingerprint density at radius 1 is 1.16 bits per heavy atom. The minimum absolute atomic E-state index is 0.161. The quantitative estimate of drug-likeness (QED) is 0.518. The Bertz CT molecular complexity index is 725. The first-order valence-electron chi connectivity index (χ1n) is 11.4. The molecule has 1 aromatic carbocycles. The molecule has 0 aliphatic carbocycles. The lowest BCUT2D eigenvalue weighted by Crippen LogP contribution is -2.51. The van der Waals surface area contributed by atoms with E-state index in [1.807, 2.05) is 66.7 Å². The fourth-order valence-electron chi connectivity index (χ4n) is 4.18. The van der Waals surface area contributed by atoms with E-state index >= 15 is 0 Å². The summed E-state index contributed by atoms with van der Waals surface area (Å²) in [5.74, 6) is -0.328. The number of esters is 1. The first-order chi connectivity index (χ1) is 14.5. The molecule has 0 radical (unpaired) electrons. The normalized spacial score (nSPS) is 21.6. The Kier molecular flexibility index (Phi) is 8.52. The second kappa shape index (κ2) is 10.5. The van der Waals surface area contributed by atoms with Crippen LogP contribution in [0.3, 0.4) is 0 Å². The summed E-state index contributed by atoms with van der Waals surface area (Å²) in [7, 11) is 0. The Balaban J connectivity index is 2.26. The van der Waals surface area contributed by atoms with Crippen LogP contribution in [-0.2, 0) is 25.4 Å². The van der Waals surface area contributed by atoms with Gasteiger partial charge in [0.1, 0.15) is 11.3 Å². The number of carbonyl (C=O) groups is 2. The highest BCUT2D eigenvalue weighted by atomic mass is 16.6. The molecule has 1 saturated heterocycles. The molecule has 0 aromatic heterocycles. The molecule has 1 aromatic rings. The van der Waals surface area contributed by atoms with Crippen LogP contribution in [0, 0.1) is 5.92 Å². The van der Waals surface area contributed by atoms with Crippen LogP contribution in [0.25, 0.3) is 0 Å². The summed E-state index contributed by atoms with van der Waals surface area (Å²) < 4.78 is 17.3. The van der Waals surface area contributed by atoms with Gasteiger partial charge in [0.15, 0.2) is 0 Å². The van der Waals surface area contributed by atoms with Crippen molar-refractivity contribution in [3.8, 4) is 0 Å². The molecule has 0 saturated carbocycles. The van der Waals surface area contributed by atoms with Gasteiger partial charge in [-0.05, 0) is 72.8 Å². The van der Waals surface area contributed by atoms with Gasteiger partial charge in [0, 0.05) is 0 Å². The molecule has 1 aliphatic heterocycles. The van der Waals surface area contributed by atoms with Gasteiger partial charge in [0.2, 0.25) is 0 Å². The Morgan fingerprint density at radius 2 is 1.81 bits per heavy atom. The molecule has 1 aliphatic rings. The number of rotatable bonds is 8. The van der Waals surface area contributed by atoms with Crippen molar-refractivity contribution in [3.63, 3.8) is 0 Å². The largest absolute Gasteiger partial charge is 0.466 e. The van der Waals surface area contributed by atoms with Gasteiger partial charge in [-0.15, -0.1) is 0 Å². The number of hydrogen-bond acceptors (Lipinski definition) is 5. The van der Waals surface area contributed by atoms with Crippen LogP contribution in [0.1, 0.15) is 73.3 Å². The fraction of sp³-hybridized carbons (Fsp3) is 0.680. The van der Waals surface area contributed by atoms with Crippen molar-refractivity contribution in [1.29, 1.82) is 0 Å². The average Bonchev–Trinajstić information content (AvgIpc) is 2.91. The molecule has 1 amide bonds. The van der Waals surface area contributed by atoms with E-state index in [2.05, 4.69) is 12.1 Å². The summed E-state index contributed by atoms with van der Waals surface area (Å²) in [6.07, 6.45) is 2.11. The minimum Gasteiger partial charge on any atom is -0.466 e. The van der Waals surface area contributed by atoms with Crippen LogP contribution in [0.15, 0.2) is 30.3 Å². The van der Waals surface area contributed by atoms with Crippen LogP contribution >= 0.6 is 0 Å². The van der Waals surface area contributed by atoms with E-state index in [0.717, 1.165) is 5.56 Å². The van der Waals surface area contributed by atoms with Gasteiger partial charge in [-0.1, -0.05) is 37.3 Å². The molecule has 1 fully saturated rings. The summed E-state index contributed by atoms with van der Waals surface area (Å²) in [5, 5.41) is 0. The Labute approximate surface area is 187 Å². The molecule has 6 heteroatoms. The number of carbonyl (C=O) groups excluding carboxylic acids is 2. The molecule has 31 heavy (non-hydrogen) atoms. The molecular weight excluding hydrogens is 394 g/mol. The number of nitrogens with zero attached hydrogens (tertiary/aromatic N) is 1. The maximum Gasteiger partial charge on any atom is 0.412 e. The van der Waals surface area contributed by atoms with Gasteiger partial charge >= 0.3 is 12.1 Å². The maximum absolute atomic E-state index is 13.2. The van der Waals surface area contributed by atoms with Gasteiger partial charge in [0.05, 0.1) is 24.7 Å². The molecule has 2 rings (SSSR count). The lowest BCUT2D eigenvalue weighted by atomic mass is 9.93. The molecule has 174 valence electrons. The summed E-state index contributed by atoms with van der Waals surface area (Å²) >= 11 is 0. The summed E-state index contributed by atoms with van der Waals surface area (Å²) in [6.45, 7) is 13.6. The average molecular weight is 434 g/mol. The highest BCUT2D eigenvalue weighted by Gasteiger charge is 2.51. The van der Waals surface area contributed by atoms with Crippen LogP contribution in [-0.4, -0.2) is 47.0 Å².